The number of likely N-dealkylation sites (N-methyl/N-ethyl adjacent to an activating group) is 1. The van der Waals surface area contributed by atoms with E-state index in [0.717, 1.165) is 4.68 Å². The number of benzene rings is 3. The number of carbonyl (C=O) groups excluding carboxylic acids is 1. The lowest BCUT2D eigenvalue weighted by Gasteiger charge is -2.19. The summed E-state index contributed by atoms with van der Waals surface area (Å²) in [5.41, 5.74) is 0.899. The summed E-state index contributed by atoms with van der Waals surface area (Å²) < 4.78 is 42.2. The summed E-state index contributed by atoms with van der Waals surface area (Å²) in [6.07, 6.45) is -3.80. The molecule has 0 radical (unpaired) electrons. The fourth-order valence-electron chi connectivity index (χ4n) is 4.13. The SMILES string of the molecule is CCOc1cc2c(=O)n(CC(=O)N(C)c3ccc4c(c3)OC(F)(F)O4)nc(-c3cccc(C#N)c3)c2cc1Cl. The van der Waals surface area contributed by atoms with Crippen LogP contribution in [0.4, 0.5) is 14.5 Å². The normalized spacial score (nSPS) is 13.2. The molecule has 12 heteroatoms. The Balaban J connectivity index is 1.57. The fourth-order valence-corrected chi connectivity index (χ4v) is 4.35. The Bertz CT molecular complexity index is 1730. The van der Waals surface area contributed by atoms with Gasteiger partial charge in [0.1, 0.15) is 12.3 Å². The Morgan fingerprint density at radius 2 is 1.92 bits per heavy atom. The van der Waals surface area contributed by atoms with Gasteiger partial charge in [0.2, 0.25) is 5.91 Å². The maximum Gasteiger partial charge on any atom is 0.586 e. The zero-order chi connectivity index (χ0) is 27.9. The average Bonchev–Trinajstić information content (AvgIpc) is 3.23. The van der Waals surface area contributed by atoms with Crippen molar-refractivity contribution in [3.05, 3.63) is 75.5 Å². The van der Waals surface area contributed by atoms with Crippen LogP contribution in [0.25, 0.3) is 22.0 Å². The van der Waals surface area contributed by atoms with Gasteiger partial charge in [-0.25, -0.2) is 4.68 Å². The fraction of sp³-hybridized carbons (Fsp3) is 0.185. The van der Waals surface area contributed by atoms with E-state index < -0.39 is 24.3 Å². The van der Waals surface area contributed by atoms with E-state index in [-0.39, 0.29) is 27.6 Å². The number of fused-ring (bicyclic) bond motifs is 2. The third kappa shape index (κ3) is 4.94. The van der Waals surface area contributed by atoms with E-state index in [1.807, 2.05) is 0 Å². The van der Waals surface area contributed by atoms with Gasteiger partial charge in [0.25, 0.3) is 5.56 Å². The number of aromatic nitrogens is 2. The molecule has 4 aromatic rings. The molecule has 1 amide bonds. The Morgan fingerprint density at radius 3 is 2.67 bits per heavy atom. The molecule has 9 nitrogen and oxygen atoms in total. The number of hydrogen-bond donors (Lipinski definition) is 0. The van der Waals surface area contributed by atoms with Gasteiger partial charge in [0, 0.05) is 29.8 Å². The largest absolute Gasteiger partial charge is 0.586 e. The summed E-state index contributed by atoms with van der Waals surface area (Å²) in [7, 11) is 1.42. The lowest BCUT2D eigenvalue weighted by molar-refractivity contribution is -0.286. The molecule has 3 aromatic carbocycles. The molecule has 0 spiro atoms. The number of rotatable bonds is 6. The third-order valence-corrected chi connectivity index (χ3v) is 6.30. The second-order valence-corrected chi connectivity index (χ2v) is 8.92. The molecule has 0 saturated carbocycles. The van der Waals surface area contributed by atoms with Crippen molar-refractivity contribution in [2.75, 3.05) is 18.6 Å². The lowest BCUT2D eigenvalue weighted by Crippen LogP contribution is -2.35. The lowest BCUT2D eigenvalue weighted by atomic mass is 10.0. The predicted molar refractivity (Wildman–Crippen MR) is 138 cm³/mol. The summed E-state index contributed by atoms with van der Waals surface area (Å²) in [5.74, 6) is -0.660. The quantitative estimate of drug-likeness (QED) is 0.332. The minimum Gasteiger partial charge on any atom is -0.492 e. The first-order valence-electron chi connectivity index (χ1n) is 11.6. The summed E-state index contributed by atoms with van der Waals surface area (Å²) in [6.45, 7) is 1.61. The highest BCUT2D eigenvalue weighted by Gasteiger charge is 2.43. The van der Waals surface area contributed by atoms with Gasteiger partial charge in [0.05, 0.1) is 34.3 Å². The number of amides is 1. The number of hydrogen-bond acceptors (Lipinski definition) is 7. The van der Waals surface area contributed by atoms with Crippen LogP contribution in [-0.2, 0) is 11.3 Å². The molecule has 5 rings (SSSR count). The first-order valence-corrected chi connectivity index (χ1v) is 12.0. The van der Waals surface area contributed by atoms with Crippen molar-refractivity contribution in [1.29, 1.82) is 5.26 Å². The first-order chi connectivity index (χ1) is 18.6. The van der Waals surface area contributed by atoms with Crippen LogP contribution >= 0.6 is 11.6 Å². The average molecular weight is 553 g/mol. The van der Waals surface area contributed by atoms with Crippen LogP contribution in [0, 0.1) is 11.3 Å². The van der Waals surface area contributed by atoms with Crippen molar-refractivity contribution in [2.45, 2.75) is 19.8 Å². The maximum absolute atomic E-state index is 13.5. The zero-order valence-electron chi connectivity index (χ0n) is 20.6. The molecule has 39 heavy (non-hydrogen) atoms. The smallest absolute Gasteiger partial charge is 0.492 e. The van der Waals surface area contributed by atoms with Crippen LogP contribution in [0.5, 0.6) is 17.2 Å². The second-order valence-electron chi connectivity index (χ2n) is 8.52. The number of halogens is 3. The van der Waals surface area contributed by atoms with E-state index in [2.05, 4.69) is 20.6 Å². The summed E-state index contributed by atoms with van der Waals surface area (Å²) in [6, 6.07) is 15.7. The highest BCUT2D eigenvalue weighted by atomic mass is 35.5. The van der Waals surface area contributed by atoms with Crippen molar-refractivity contribution in [1.82, 2.24) is 9.78 Å². The molecular formula is C27H19ClF2N4O5. The highest BCUT2D eigenvalue weighted by molar-refractivity contribution is 6.33. The number of nitriles is 1. The van der Waals surface area contributed by atoms with Gasteiger partial charge in [-0.05, 0) is 43.3 Å². The van der Waals surface area contributed by atoms with Crippen LogP contribution in [0.2, 0.25) is 5.02 Å². The van der Waals surface area contributed by atoms with Gasteiger partial charge < -0.3 is 19.1 Å². The molecule has 0 N–H and O–H groups in total. The van der Waals surface area contributed by atoms with Crippen LogP contribution in [-0.4, -0.2) is 35.6 Å². The predicted octanol–water partition coefficient (Wildman–Crippen LogP) is 4.97. The third-order valence-electron chi connectivity index (χ3n) is 6.01. The Kier molecular flexibility index (Phi) is 6.57. The second kappa shape index (κ2) is 9.89. The molecule has 0 fully saturated rings. The molecule has 2 heterocycles. The van der Waals surface area contributed by atoms with Gasteiger partial charge in [-0.2, -0.15) is 10.4 Å². The van der Waals surface area contributed by atoms with E-state index in [0.29, 0.717) is 34.6 Å². The van der Waals surface area contributed by atoms with E-state index >= 15 is 0 Å². The van der Waals surface area contributed by atoms with Crippen LogP contribution in [0.3, 0.4) is 0 Å². The molecule has 0 aliphatic carbocycles. The molecule has 1 aromatic heterocycles. The number of nitrogens with zero attached hydrogens (tertiary/aromatic N) is 4. The highest BCUT2D eigenvalue weighted by Crippen LogP contribution is 2.42. The molecule has 1 aliphatic heterocycles. The Hall–Kier alpha value is -4.69. The van der Waals surface area contributed by atoms with Crippen molar-refractivity contribution in [2.24, 2.45) is 0 Å². The van der Waals surface area contributed by atoms with Gasteiger partial charge in [-0.1, -0.05) is 23.7 Å². The Labute approximate surface area is 225 Å². The van der Waals surface area contributed by atoms with Crippen molar-refractivity contribution >= 4 is 34.0 Å². The molecule has 0 bridgehead atoms. The van der Waals surface area contributed by atoms with Gasteiger partial charge in [-0.3, -0.25) is 9.59 Å². The Morgan fingerprint density at radius 1 is 1.15 bits per heavy atom. The molecule has 1 aliphatic rings. The zero-order valence-corrected chi connectivity index (χ0v) is 21.3. The topological polar surface area (TPSA) is 107 Å². The van der Waals surface area contributed by atoms with E-state index in [4.69, 9.17) is 16.3 Å². The van der Waals surface area contributed by atoms with Crippen LogP contribution in [0.1, 0.15) is 12.5 Å². The summed E-state index contributed by atoms with van der Waals surface area (Å²) in [5, 5.41) is 14.7. The minimum atomic E-state index is -3.80. The van der Waals surface area contributed by atoms with Crippen molar-refractivity contribution in [3.63, 3.8) is 0 Å². The van der Waals surface area contributed by atoms with Crippen LogP contribution < -0.4 is 24.7 Å². The van der Waals surface area contributed by atoms with E-state index in [1.165, 1.54) is 36.2 Å². The molecule has 198 valence electrons. The monoisotopic (exact) mass is 552 g/mol. The van der Waals surface area contributed by atoms with Crippen molar-refractivity contribution in [3.8, 4) is 34.6 Å². The molecule has 0 saturated heterocycles. The summed E-state index contributed by atoms with van der Waals surface area (Å²) in [4.78, 5) is 27.9. The molecular weight excluding hydrogens is 534 g/mol. The summed E-state index contributed by atoms with van der Waals surface area (Å²) >= 11 is 6.40. The number of ether oxygens (including phenoxy) is 3. The van der Waals surface area contributed by atoms with Gasteiger partial charge in [-0.15, -0.1) is 8.78 Å². The molecule has 0 atom stereocenters. The van der Waals surface area contributed by atoms with E-state index in [1.54, 1.807) is 37.3 Å². The standard InChI is InChI=1S/C27H19ClF2N4O5/c1-3-37-22-12-19-18(11-20(22)28)25(16-6-4-5-15(9-16)13-31)32-34(26(19)36)14-24(35)33(2)17-7-8-21-23(10-17)39-27(29,30)38-21/h4-12H,3,14H2,1-2H3. The maximum atomic E-state index is 13.5. The number of alkyl halides is 2. The van der Waals surface area contributed by atoms with Crippen LogP contribution in [0.15, 0.2) is 59.4 Å². The number of carbonyl (C=O) groups is 1. The van der Waals surface area contributed by atoms with Gasteiger partial charge in [0.15, 0.2) is 11.5 Å². The van der Waals surface area contributed by atoms with Gasteiger partial charge >= 0.3 is 6.29 Å². The van der Waals surface area contributed by atoms with Crippen molar-refractivity contribution < 1.29 is 27.8 Å². The number of anilines is 1. The van der Waals surface area contributed by atoms with E-state index in [9.17, 15) is 23.6 Å². The molecule has 0 unspecified atom stereocenters. The first kappa shape index (κ1) is 25.9. The minimum absolute atomic E-state index is 0.162.